The number of carbonyl (C=O) groups is 2. The van der Waals surface area contributed by atoms with Crippen LogP contribution in [0.5, 0.6) is 0 Å². The molecule has 0 heterocycles. The number of benzene rings is 1. The van der Waals surface area contributed by atoms with Crippen LogP contribution in [0.1, 0.15) is 19.3 Å². The molecular weight excluding hydrogens is 278 g/mol. The number of rotatable bonds is 3. The SMILES string of the molecule is O=C(Nc1cccc(Cl)c1)[C@@H]1[C@H]2CC[C@@H](C2)[C@@H]1C(=O)O. The lowest BCUT2D eigenvalue weighted by atomic mass is 9.78. The van der Waals surface area contributed by atoms with Gasteiger partial charge in [0.05, 0.1) is 11.8 Å². The zero-order valence-electron chi connectivity index (χ0n) is 10.9. The Morgan fingerprint density at radius 1 is 1.20 bits per heavy atom. The molecule has 2 aliphatic carbocycles. The Labute approximate surface area is 122 Å². The van der Waals surface area contributed by atoms with Crippen LogP contribution in [0, 0.1) is 23.7 Å². The molecule has 4 atom stereocenters. The molecule has 5 heteroatoms. The molecule has 2 bridgehead atoms. The van der Waals surface area contributed by atoms with Crippen LogP contribution in [0.25, 0.3) is 0 Å². The summed E-state index contributed by atoms with van der Waals surface area (Å²) in [5.41, 5.74) is 0.620. The Morgan fingerprint density at radius 2 is 1.90 bits per heavy atom. The Morgan fingerprint density at radius 3 is 2.55 bits per heavy atom. The molecule has 1 aromatic rings. The highest BCUT2D eigenvalue weighted by molar-refractivity contribution is 6.30. The number of aliphatic carboxylic acids is 1. The number of nitrogens with one attached hydrogen (secondary N) is 1. The molecular formula is C15H16ClNO3. The van der Waals surface area contributed by atoms with Crippen LogP contribution < -0.4 is 5.32 Å². The summed E-state index contributed by atoms with van der Waals surface area (Å²) in [7, 11) is 0. The fourth-order valence-corrected chi connectivity index (χ4v) is 4.01. The summed E-state index contributed by atoms with van der Waals surface area (Å²) in [6, 6.07) is 6.91. The fraction of sp³-hybridized carbons (Fsp3) is 0.467. The number of hydrogen-bond donors (Lipinski definition) is 2. The lowest BCUT2D eigenvalue weighted by molar-refractivity contribution is -0.148. The van der Waals surface area contributed by atoms with Crippen molar-refractivity contribution in [3.63, 3.8) is 0 Å². The van der Waals surface area contributed by atoms with Gasteiger partial charge in [-0.15, -0.1) is 0 Å². The molecule has 1 aromatic carbocycles. The second-order valence-corrected chi connectivity index (χ2v) is 6.16. The summed E-state index contributed by atoms with van der Waals surface area (Å²) >= 11 is 5.88. The Kier molecular flexibility index (Phi) is 3.42. The highest BCUT2D eigenvalue weighted by Gasteiger charge is 2.53. The van der Waals surface area contributed by atoms with Crippen molar-refractivity contribution in [2.45, 2.75) is 19.3 Å². The van der Waals surface area contributed by atoms with Crippen LogP contribution in [0.4, 0.5) is 5.69 Å². The van der Waals surface area contributed by atoms with E-state index in [1.54, 1.807) is 24.3 Å². The monoisotopic (exact) mass is 293 g/mol. The fourth-order valence-electron chi connectivity index (χ4n) is 3.82. The summed E-state index contributed by atoms with van der Waals surface area (Å²) in [6.07, 6.45) is 2.76. The van der Waals surface area contributed by atoms with E-state index in [-0.39, 0.29) is 17.7 Å². The Balaban J connectivity index is 1.78. The highest BCUT2D eigenvalue weighted by atomic mass is 35.5. The van der Waals surface area contributed by atoms with E-state index >= 15 is 0 Å². The van der Waals surface area contributed by atoms with E-state index in [2.05, 4.69) is 5.32 Å². The van der Waals surface area contributed by atoms with Gasteiger partial charge in [0.15, 0.2) is 0 Å². The molecule has 106 valence electrons. The maximum absolute atomic E-state index is 12.4. The van der Waals surface area contributed by atoms with Crippen molar-refractivity contribution in [3.05, 3.63) is 29.3 Å². The summed E-state index contributed by atoms with van der Waals surface area (Å²) in [6.45, 7) is 0. The third-order valence-corrected chi connectivity index (χ3v) is 4.83. The van der Waals surface area contributed by atoms with Crippen molar-refractivity contribution in [3.8, 4) is 0 Å². The van der Waals surface area contributed by atoms with Crippen LogP contribution in [0.2, 0.25) is 5.02 Å². The third kappa shape index (κ3) is 2.29. The molecule has 2 N–H and O–H groups in total. The topological polar surface area (TPSA) is 66.4 Å². The van der Waals surface area contributed by atoms with Gasteiger partial charge in [-0.2, -0.15) is 0 Å². The van der Waals surface area contributed by atoms with Crippen LogP contribution >= 0.6 is 11.6 Å². The maximum Gasteiger partial charge on any atom is 0.307 e. The van der Waals surface area contributed by atoms with Gasteiger partial charge in [0.25, 0.3) is 0 Å². The van der Waals surface area contributed by atoms with Gasteiger partial charge in [0, 0.05) is 10.7 Å². The van der Waals surface area contributed by atoms with Crippen LogP contribution in [0.15, 0.2) is 24.3 Å². The first-order valence-corrected chi connectivity index (χ1v) is 7.23. The van der Waals surface area contributed by atoms with Crippen molar-refractivity contribution in [1.82, 2.24) is 0 Å². The molecule has 0 aromatic heterocycles. The van der Waals surface area contributed by atoms with Gasteiger partial charge >= 0.3 is 5.97 Å². The summed E-state index contributed by atoms with van der Waals surface area (Å²) in [5, 5.41) is 12.7. The van der Waals surface area contributed by atoms with Crippen molar-refractivity contribution < 1.29 is 14.7 Å². The van der Waals surface area contributed by atoms with E-state index in [1.807, 2.05) is 0 Å². The standard InChI is InChI=1S/C15H16ClNO3/c16-10-2-1-3-11(7-10)17-14(18)12-8-4-5-9(6-8)13(12)15(19)20/h1-3,7-9,12-13H,4-6H2,(H,17,18)(H,19,20)/t8-,9-,12+,13-/m0/s1. The van der Waals surface area contributed by atoms with E-state index in [0.717, 1.165) is 19.3 Å². The number of carboxylic acid groups (broad SMARTS) is 1. The van der Waals surface area contributed by atoms with Gasteiger partial charge in [-0.25, -0.2) is 0 Å². The lowest BCUT2D eigenvalue weighted by Gasteiger charge is -2.27. The molecule has 2 aliphatic rings. The van der Waals surface area contributed by atoms with Gasteiger partial charge in [0.1, 0.15) is 0 Å². The average molecular weight is 294 g/mol. The van der Waals surface area contributed by atoms with Gasteiger partial charge in [-0.05, 0) is 49.3 Å². The van der Waals surface area contributed by atoms with Gasteiger partial charge < -0.3 is 10.4 Å². The molecule has 0 radical (unpaired) electrons. The van der Waals surface area contributed by atoms with Crippen molar-refractivity contribution >= 4 is 29.2 Å². The van der Waals surface area contributed by atoms with Crippen molar-refractivity contribution in [2.75, 3.05) is 5.32 Å². The number of amides is 1. The first-order chi connectivity index (χ1) is 9.56. The zero-order valence-corrected chi connectivity index (χ0v) is 11.6. The molecule has 1 amide bonds. The number of anilines is 1. The quantitative estimate of drug-likeness (QED) is 0.900. The second-order valence-electron chi connectivity index (χ2n) is 5.72. The maximum atomic E-state index is 12.4. The van der Waals surface area contributed by atoms with E-state index in [4.69, 9.17) is 11.6 Å². The minimum absolute atomic E-state index is 0.160. The number of carbonyl (C=O) groups excluding carboxylic acids is 1. The average Bonchev–Trinajstić information content (AvgIpc) is 2.98. The third-order valence-electron chi connectivity index (χ3n) is 4.60. The first-order valence-electron chi connectivity index (χ1n) is 6.85. The van der Waals surface area contributed by atoms with Crippen molar-refractivity contribution in [2.24, 2.45) is 23.7 Å². The summed E-state index contributed by atoms with van der Waals surface area (Å²) < 4.78 is 0. The Bertz CT molecular complexity index is 560. The molecule has 0 saturated heterocycles. The normalized spacial score (nSPS) is 31.2. The van der Waals surface area contributed by atoms with E-state index in [0.29, 0.717) is 10.7 Å². The van der Waals surface area contributed by atoms with E-state index in [1.165, 1.54) is 0 Å². The summed E-state index contributed by atoms with van der Waals surface area (Å²) in [4.78, 5) is 23.8. The van der Waals surface area contributed by atoms with E-state index < -0.39 is 17.8 Å². The first kappa shape index (κ1) is 13.4. The van der Waals surface area contributed by atoms with E-state index in [9.17, 15) is 14.7 Å². The summed E-state index contributed by atoms with van der Waals surface area (Å²) in [5.74, 6) is -1.61. The smallest absolute Gasteiger partial charge is 0.307 e. The van der Waals surface area contributed by atoms with Crippen LogP contribution in [-0.2, 0) is 9.59 Å². The minimum atomic E-state index is -0.844. The number of halogens is 1. The number of carboxylic acids is 1. The molecule has 20 heavy (non-hydrogen) atoms. The lowest BCUT2D eigenvalue weighted by Crippen LogP contribution is -2.37. The molecule has 3 rings (SSSR count). The van der Waals surface area contributed by atoms with Gasteiger partial charge in [-0.1, -0.05) is 17.7 Å². The van der Waals surface area contributed by atoms with Crippen molar-refractivity contribution in [1.29, 1.82) is 0 Å². The van der Waals surface area contributed by atoms with Crippen LogP contribution in [-0.4, -0.2) is 17.0 Å². The molecule has 0 spiro atoms. The number of fused-ring (bicyclic) bond motifs is 2. The van der Waals surface area contributed by atoms with Gasteiger partial charge in [0.2, 0.25) is 5.91 Å². The zero-order chi connectivity index (χ0) is 14.3. The molecule has 4 nitrogen and oxygen atoms in total. The minimum Gasteiger partial charge on any atom is -0.481 e. The Hall–Kier alpha value is -1.55. The molecule has 0 aliphatic heterocycles. The molecule has 0 unspecified atom stereocenters. The molecule has 2 fully saturated rings. The predicted octanol–water partition coefficient (Wildman–Crippen LogP) is 3.03. The van der Waals surface area contributed by atoms with Crippen LogP contribution in [0.3, 0.4) is 0 Å². The predicted molar refractivity (Wildman–Crippen MR) is 75.5 cm³/mol. The highest BCUT2D eigenvalue weighted by Crippen LogP contribution is 2.52. The number of hydrogen-bond acceptors (Lipinski definition) is 2. The second kappa shape index (κ2) is 5.09. The van der Waals surface area contributed by atoms with Gasteiger partial charge in [-0.3, -0.25) is 9.59 Å². The largest absolute Gasteiger partial charge is 0.481 e. The molecule has 2 saturated carbocycles.